The van der Waals surface area contributed by atoms with E-state index in [9.17, 15) is 0 Å². The fourth-order valence-electron chi connectivity index (χ4n) is 8.64. The molecule has 56 heavy (non-hydrogen) atoms. The first kappa shape index (κ1) is 30.8. The van der Waals surface area contributed by atoms with E-state index in [0.717, 1.165) is 71.5 Å². The Morgan fingerprint density at radius 1 is 0.375 bits per heavy atom. The predicted molar refractivity (Wildman–Crippen MR) is 230 cm³/mol. The Morgan fingerprint density at radius 2 is 0.964 bits per heavy atom. The Bertz CT molecular complexity index is 3540. The minimum atomic E-state index is 0.592. The maximum Gasteiger partial charge on any atom is 0.165 e. The molecule has 0 bridgehead atoms. The van der Waals surface area contributed by atoms with E-state index in [-0.39, 0.29) is 0 Å². The highest BCUT2D eigenvalue weighted by atomic mass is 16.3. The van der Waals surface area contributed by atoms with Gasteiger partial charge in [0.1, 0.15) is 5.58 Å². The minimum Gasteiger partial charge on any atom is -0.454 e. The lowest BCUT2D eigenvalue weighted by atomic mass is 9.95. The third kappa shape index (κ3) is 4.58. The van der Waals surface area contributed by atoms with Crippen LogP contribution in [-0.2, 0) is 0 Å². The zero-order valence-electron chi connectivity index (χ0n) is 30.0. The Labute approximate surface area is 320 Å². The summed E-state index contributed by atoms with van der Waals surface area (Å²) in [4.78, 5) is 15.8. The van der Waals surface area contributed by atoms with Gasteiger partial charge < -0.3 is 8.98 Å². The molecule has 0 fully saturated rings. The van der Waals surface area contributed by atoms with Crippen LogP contribution in [0.4, 0.5) is 0 Å². The van der Waals surface area contributed by atoms with Gasteiger partial charge in [-0.25, -0.2) is 15.0 Å². The Kier molecular flexibility index (Phi) is 6.56. The summed E-state index contributed by atoms with van der Waals surface area (Å²) in [6.07, 6.45) is 0. The van der Waals surface area contributed by atoms with Crippen molar-refractivity contribution in [2.75, 3.05) is 0 Å². The van der Waals surface area contributed by atoms with E-state index in [1.54, 1.807) is 0 Å². The zero-order chi connectivity index (χ0) is 36.7. The van der Waals surface area contributed by atoms with Crippen LogP contribution >= 0.6 is 0 Å². The maximum absolute atomic E-state index is 7.05. The van der Waals surface area contributed by atoms with Gasteiger partial charge in [-0.2, -0.15) is 0 Å². The standard InChI is InChI=1S/C51H30N4O/c1-2-15-32(16-3-1)49-52-50(36-27-26-31-14-4-5-17-33(31)28-36)54-51(53-49)46-38-21-8-9-22-39(38)47(48-45(46)40-23-11-13-25-44(40)56-48)55-42-24-12-10-20-37(42)41-29-34-18-6-7-19-35(34)30-43(41)55/h1-30H. The Hall–Kier alpha value is -7.63. The fourth-order valence-corrected chi connectivity index (χ4v) is 8.64. The molecule has 12 rings (SSSR count). The number of benzene rings is 9. The molecule has 5 nitrogen and oxygen atoms in total. The van der Waals surface area contributed by atoms with E-state index in [0.29, 0.717) is 17.5 Å². The van der Waals surface area contributed by atoms with Crippen molar-refractivity contribution in [3.63, 3.8) is 0 Å². The number of hydrogen-bond donors (Lipinski definition) is 0. The second kappa shape index (κ2) is 11.9. The molecule has 0 aliphatic heterocycles. The highest BCUT2D eigenvalue weighted by Crippen LogP contribution is 2.47. The summed E-state index contributed by atoms with van der Waals surface area (Å²) in [5.41, 5.74) is 7.57. The summed E-state index contributed by atoms with van der Waals surface area (Å²) in [6, 6.07) is 63.8. The van der Waals surface area contributed by atoms with Crippen LogP contribution in [0.2, 0.25) is 0 Å². The molecule has 3 aromatic heterocycles. The van der Waals surface area contributed by atoms with Gasteiger partial charge in [-0.15, -0.1) is 0 Å². The van der Waals surface area contributed by atoms with Crippen LogP contribution in [-0.4, -0.2) is 19.5 Å². The van der Waals surface area contributed by atoms with E-state index in [2.05, 4.69) is 162 Å². The molecule has 0 spiro atoms. The number of fused-ring (bicyclic) bond motifs is 9. The van der Waals surface area contributed by atoms with Crippen molar-refractivity contribution in [3.8, 4) is 39.9 Å². The third-order valence-corrected chi connectivity index (χ3v) is 11.2. The number of nitrogens with zero attached hydrogens (tertiary/aromatic N) is 4. The molecule has 0 aliphatic carbocycles. The van der Waals surface area contributed by atoms with Crippen LogP contribution in [0.15, 0.2) is 186 Å². The highest BCUT2D eigenvalue weighted by Gasteiger charge is 2.27. The first-order valence-electron chi connectivity index (χ1n) is 18.9. The second-order valence-corrected chi connectivity index (χ2v) is 14.4. The third-order valence-electron chi connectivity index (χ3n) is 11.2. The molecule has 3 heterocycles. The fraction of sp³-hybridized carbons (Fsp3) is 0. The second-order valence-electron chi connectivity index (χ2n) is 14.4. The van der Waals surface area contributed by atoms with E-state index in [4.69, 9.17) is 19.4 Å². The molecule has 5 heteroatoms. The van der Waals surface area contributed by atoms with Gasteiger partial charge in [0, 0.05) is 43.6 Å². The molecular formula is C51H30N4O. The molecule has 0 unspecified atom stereocenters. The molecule has 0 aliphatic rings. The predicted octanol–water partition coefficient (Wildman–Crippen LogP) is 13.3. The quantitative estimate of drug-likeness (QED) is 0.182. The maximum atomic E-state index is 7.05. The van der Waals surface area contributed by atoms with E-state index in [1.807, 2.05) is 24.3 Å². The summed E-state index contributed by atoms with van der Waals surface area (Å²) in [5.74, 6) is 1.82. The number of rotatable bonds is 4. The van der Waals surface area contributed by atoms with Crippen molar-refractivity contribution < 1.29 is 4.42 Å². The Morgan fingerprint density at radius 3 is 1.77 bits per heavy atom. The molecule has 0 amide bonds. The monoisotopic (exact) mass is 714 g/mol. The average Bonchev–Trinajstić information content (AvgIpc) is 3.80. The molecular weight excluding hydrogens is 685 g/mol. The Balaban J connectivity index is 1.24. The van der Waals surface area contributed by atoms with Crippen molar-refractivity contribution in [2.24, 2.45) is 0 Å². The van der Waals surface area contributed by atoms with Gasteiger partial charge in [0.2, 0.25) is 0 Å². The SMILES string of the molecule is c1ccc(-c2nc(-c3ccc4ccccc4c3)nc(-c3c4ccccc4c(-n4c5ccccc5c5cc6ccccc6cc54)c4oc5ccccc5c34)n2)cc1. The normalized spacial score (nSPS) is 11.9. The van der Waals surface area contributed by atoms with E-state index in [1.165, 1.54) is 26.9 Å². The van der Waals surface area contributed by atoms with Crippen molar-refractivity contribution in [1.82, 2.24) is 19.5 Å². The van der Waals surface area contributed by atoms with Crippen LogP contribution in [0.5, 0.6) is 0 Å². The first-order chi connectivity index (χ1) is 27.8. The van der Waals surface area contributed by atoms with Gasteiger partial charge in [0.25, 0.3) is 0 Å². The van der Waals surface area contributed by atoms with Gasteiger partial charge in [-0.05, 0) is 57.3 Å². The number of aromatic nitrogens is 4. The smallest absolute Gasteiger partial charge is 0.165 e. The first-order valence-corrected chi connectivity index (χ1v) is 18.9. The zero-order valence-corrected chi connectivity index (χ0v) is 30.0. The summed E-state index contributed by atoms with van der Waals surface area (Å²) >= 11 is 0. The van der Waals surface area contributed by atoms with Crippen molar-refractivity contribution >= 4 is 76.1 Å². The van der Waals surface area contributed by atoms with Crippen molar-refractivity contribution in [1.29, 1.82) is 0 Å². The van der Waals surface area contributed by atoms with Gasteiger partial charge >= 0.3 is 0 Å². The average molecular weight is 715 g/mol. The number of para-hydroxylation sites is 2. The van der Waals surface area contributed by atoms with Gasteiger partial charge in [-0.1, -0.05) is 152 Å². The van der Waals surface area contributed by atoms with Gasteiger partial charge in [0.15, 0.2) is 23.1 Å². The molecule has 12 aromatic rings. The van der Waals surface area contributed by atoms with E-state index >= 15 is 0 Å². The summed E-state index contributed by atoms with van der Waals surface area (Å²) in [5, 5.41) is 11.1. The van der Waals surface area contributed by atoms with Crippen molar-refractivity contribution in [2.45, 2.75) is 0 Å². The highest BCUT2D eigenvalue weighted by molar-refractivity contribution is 6.25. The summed E-state index contributed by atoms with van der Waals surface area (Å²) < 4.78 is 9.45. The van der Waals surface area contributed by atoms with E-state index < -0.39 is 0 Å². The number of furan rings is 1. The van der Waals surface area contributed by atoms with Crippen LogP contribution in [0.1, 0.15) is 0 Å². The molecule has 0 radical (unpaired) electrons. The van der Waals surface area contributed by atoms with Crippen LogP contribution < -0.4 is 0 Å². The molecule has 0 saturated carbocycles. The summed E-state index contributed by atoms with van der Waals surface area (Å²) in [7, 11) is 0. The van der Waals surface area contributed by atoms with Crippen LogP contribution in [0.3, 0.4) is 0 Å². The minimum absolute atomic E-state index is 0.592. The molecule has 0 N–H and O–H groups in total. The van der Waals surface area contributed by atoms with Gasteiger partial charge in [-0.3, -0.25) is 0 Å². The van der Waals surface area contributed by atoms with Gasteiger partial charge in [0.05, 0.1) is 16.7 Å². The number of hydrogen-bond acceptors (Lipinski definition) is 4. The molecule has 0 atom stereocenters. The molecule has 0 saturated heterocycles. The summed E-state index contributed by atoms with van der Waals surface area (Å²) in [6.45, 7) is 0. The largest absolute Gasteiger partial charge is 0.454 e. The molecule has 9 aromatic carbocycles. The van der Waals surface area contributed by atoms with Crippen LogP contribution in [0, 0.1) is 0 Å². The lowest BCUT2D eigenvalue weighted by Gasteiger charge is -2.17. The van der Waals surface area contributed by atoms with Crippen molar-refractivity contribution in [3.05, 3.63) is 182 Å². The lowest BCUT2D eigenvalue weighted by Crippen LogP contribution is -2.02. The molecule has 260 valence electrons. The topological polar surface area (TPSA) is 56.7 Å². The lowest BCUT2D eigenvalue weighted by molar-refractivity contribution is 0.667. The van der Waals surface area contributed by atoms with Crippen LogP contribution in [0.25, 0.3) is 116 Å².